The summed E-state index contributed by atoms with van der Waals surface area (Å²) < 4.78 is 18.8. The van der Waals surface area contributed by atoms with Crippen LogP contribution in [-0.4, -0.2) is 15.0 Å². The number of fused-ring (bicyclic) bond motifs is 1. The van der Waals surface area contributed by atoms with Gasteiger partial charge in [-0.25, -0.2) is 14.4 Å². The smallest absolute Gasteiger partial charge is 0.231 e. The van der Waals surface area contributed by atoms with Gasteiger partial charge in [0.15, 0.2) is 0 Å². The molecule has 0 saturated carbocycles. The minimum atomic E-state index is -0.253. The summed E-state index contributed by atoms with van der Waals surface area (Å²) in [6, 6.07) is 6.42. The molecule has 1 N–H and O–H groups in total. The molecule has 0 aliphatic carbocycles. The van der Waals surface area contributed by atoms with Crippen molar-refractivity contribution >= 4 is 11.0 Å². The number of aryl methyl sites for hydroxylation is 1. The van der Waals surface area contributed by atoms with E-state index in [0.29, 0.717) is 22.8 Å². The van der Waals surface area contributed by atoms with E-state index >= 15 is 0 Å². The topological polar surface area (TPSA) is 50.8 Å². The molecule has 0 spiro atoms. The number of hydrogen-bond donors (Lipinski definition) is 1. The number of rotatable bonds is 2. The van der Waals surface area contributed by atoms with Crippen molar-refractivity contribution in [1.29, 1.82) is 0 Å². The third kappa shape index (κ3) is 1.79. The predicted octanol–water partition coefficient (Wildman–Crippen LogP) is 3.20. The fraction of sp³-hybridized carbons (Fsp3) is 0.0769. The van der Waals surface area contributed by atoms with Gasteiger partial charge < -0.3 is 9.72 Å². The third-order valence-corrected chi connectivity index (χ3v) is 2.66. The maximum Gasteiger partial charge on any atom is 0.231 e. The van der Waals surface area contributed by atoms with Gasteiger partial charge in [-0.3, -0.25) is 0 Å². The van der Waals surface area contributed by atoms with Crippen LogP contribution in [-0.2, 0) is 0 Å². The molecule has 3 aromatic rings. The molecule has 5 heteroatoms. The molecule has 90 valence electrons. The Labute approximate surface area is 102 Å². The van der Waals surface area contributed by atoms with Crippen LogP contribution in [0.25, 0.3) is 11.0 Å². The van der Waals surface area contributed by atoms with Crippen molar-refractivity contribution in [2.45, 2.75) is 6.92 Å². The first kappa shape index (κ1) is 10.7. The molecule has 0 unspecified atom stereocenters. The first-order valence-corrected chi connectivity index (χ1v) is 5.46. The van der Waals surface area contributed by atoms with Crippen LogP contribution in [0.5, 0.6) is 11.6 Å². The molecule has 4 nitrogen and oxygen atoms in total. The second kappa shape index (κ2) is 4.10. The maximum absolute atomic E-state index is 13.2. The summed E-state index contributed by atoms with van der Waals surface area (Å²) in [6.45, 7) is 1.69. The molecule has 0 amide bonds. The van der Waals surface area contributed by atoms with Gasteiger partial charge >= 0.3 is 0 Å². The van der Waals surface area contributed by atoms with Gasteiger partial charge in [0.25, 0.3) is 0 Å². The Morgan fingerprint density at radius 2 is 2.11 bits per heavy atom. The first-order chi connectivity index (χ1) is 8.74. The minimum absolute atomic E-state index is 0.253. The highest BCUT2D eigenvalue weighted by atomic mass is 19.1. The lowest BCUT2D eigenvalue weighted by molar-refractivity contribution is 0.465. The molecule has 0 aliphatic rings. The van der Waals surface area contributed by atoms with Gasteiger partial charge in [0.1, 0.15) is 23.5 Å². The molecule has 2 heterocycles. The van der Waals surface area contributed by atoms with Crippen LogP contribution in [0.4, 0.5) is 4.39 Å². The number of hydrogen-bond acceptors (Lipinski definition) is 3. The number of benzene rings is 1. The number of aromatic nitrogens is 3. The summed E-state index contributed by atoms with van der Waals surface area (Å²) >= 11 is 0. The van der Waals surface area contributed by atoms with Crippen molar-refractivity contribution in [3.8, 4) is 11.6 Å². The fourth-order valence-electron chi connectivity index (χ4n) is 1.72. The van der Waals surface area contributed by atoms with E-state index in [9.17, 15) is 4.39 Å². The Balaban J connectivity index is 2.01. The molecule has 1 aromatic carbocycles. The summed E-state index contributed by atoms with van der Waals surface area (Å²) in [5.41, 5.74) is 1.24. The highest BCUT2D eigenvalue weighted by Gasteiger charge is 2.07. The molecule has 18 heavy (non-hydrogen) atoms. The lowest BCUT2D eigenvalue weighted by Gasteiger charge is -2.06. The second-order valence-corrected chi connectivity index (χ2v) is 3.93. The molecular weight excluding hydrogens is 233 g/mol. The molecule has 2 aromatic heterocycles. The summed E-state index contributed by atoms with van der Waals surface area (Å²) in [6.07, 6.45) is 3.19. The first-order valence-electron chi connectivity index (χ1n) is 5.46. The van der Waals surface area contributed by atoms with Crippen LogP contribution in [0, 0.1) is 12.7 Å². The summed E-state index contributed by atoms with van der Waals surface area (Å²) in [7, 11) is 0. The summed E-state index contributed by atoms with van der Waals surface area (Å²) in [5, 5.41) is 0.791. The number of aromatic amines is 1. The number of ether oxygens (including phenoxy) is 1. The van der Waals surface area contributed by atoms with Gasteiger partial charge in [0.2, 0.25) is 5.88 Å². The van der Waals surface area contributed by atoms with E-state index in [1.807, 2.05) is 6.07 Å². The Bertz CT molecular complexity index is 708. The van der Waals surface area contributed by atoms with Gasteiger partial charge in [-0.2, -0.15) is 0 Å². The van der Waals surface area contributed by atoms with Crippen molar-refractivity contribution in [3.05, 3.63) is 48.2 Å². The van der Waals surface area contributed by atoms with E-state index in [2.05, 4.69) is 15.0 Å². The van der Waals surface area contributed by atoms with Crippen LogP contribution in [0.1, 0.15) is 5.56 Å². The molecular formula is C13H10FN3O. The van der Waals surface area contributed by atoms with E-state index in [1.165, 1.54) is 12.4 Å². The lowest BCUT2D eigenvalue weighted by Crippen LogP contribution is -1.91. The molecule has 0 saturated heterocycles. The van der Waals surface area contributed by atoms with E-state index in [0.717, 1.165) is 5.39 Å². The number of H-pyrrole nitrogens is 1. The average molecular weight is 243 g/mol. The van der Waals surface area contributed by atoms with Crippen LogP contribution in [0.3, 0.4) is 0 Å². The fourth-order valence-corrected chi connectivity index (χ4v) is 1.72. The van der Waals surface area contributed by atoms with E-state index in [1.54, 1.807) is 25.3 Å². The standard InChI is InChI=1S/C13H10FN3O/c1-8-6-9(2-3-11(8)14)18-13-10-4-5-15-12(10)16-7-17-13/h2-7H,1H3,(H,15,16,17). The molecule has 0 atom stereocenters. The number of nitrogens with one attached hydrogen (secondary N) is 1. The molecule has 0 radical (unpaired) electrons. The van der Waals surface area contributed by atoms with Crippen LogP contribution >= 0.6 is 0 Å². The molecule has 0 fully saturated rings. The highest BCUT2D eigenvalue weighted by molar-refractivity contribution is 5.80. The zero-order chi connectivity index (χ0) is 12.5. The van der Waals surface area contributed by atoms with E-state index in [-0.39, 0.29) is 5.82 Å². The average Bonchev–Trinajstić information content (AvgIpc) is 2.83. The van der Waals surface area contributed by atoms with Crippen molar-refractivity contribution in [3.63, 3.8) is 0 Å². The van der Waals surface area contributed by atoms with Crippen LogP contribution < -0.4 is 4.74 Å². The zero-order valence-electron chi connectivity index (χ0n) is 9.64. The van der Waals surface area contributed by atoms with Gasteiger partial charge in [0, 0.05) is 6.20 Å². The Kier molecular flexibility index (Phi) is 2.44. The Hall–Kier alpha value is -2.43. The van der Waals surface area contributed by atoms with Gasteiger partial charge in [-0.05, 0) is 36.8 Å². The normalized spacial score (nSPS) is 10.8. The molecule has 0 bridgehead atoms. The highest BCUT2D eigenvalue weighted by Crippen LogP contribution is 2.26. The van der Waals surface area contributed by atoms with Crippen LogP contribution in [0.15, 0.2) is 36.8 Å². The van der Waals surface area contributed by atoms with Gasteiger partial charge in [0.05, 0.1) is 5.39 Å². The SMILES string of the molecule is Cc1cc(Oc2ncnc3[nH]ccc23)ccc1F. The quantitative estimate of drug-likeness (QED) is 0.752. The summed E-state index contributed by atoms with van der Waals surface area (Å²) in [4.78, 5) is 11.1. The lowest BCUT2D eigenvalue weighted by atomic mass is 10.2. The van der Waals surface area contributed by atoms with Crippen molar-refractivity contribution in [2.75, 3.05) is 0 Å². The van der Waals surface area contributed by atoms with Gasteiger partial charge in [-0.15, -0.1) is 0 Å². The zero-order valence-corrected chi connectivity index (χ0v) is 9.64. The Morgan fingerprint density at radius 1 is 1.22 bits per heavy atom. The predicted molar refractivity (Wildman–Crippen MR) is 65.1 cm³/mol. The van der Waals surface area contributed by atoms with Crippen LogP contribution in [0.2, 0.25) is 0 Å². The van der Waals surface area contributed by atoms with E-state index in [4.69, 9.17) is 4.74 Å². The van der Waals surface area contributed by atoms with E-state index < -0.39 is 0 Å². The minimum Gasteiger partial charge on any atom is -0.438 e. The number of nitrogens with zero attached hydrogens (tertiary/aromatic N) is 2. The van der Waals surface area contributed by atoms with Gasteiger partial charge in [-0.1, -0.05) is 0 Å². The Morgan fingerprint density at radius 3 is 2.94 bits per heavy atom. The molecule has 3 rings (SSSR count). The van der Waals surface area contributed by atoms with Crippen molar-refractivity contribution in [2.24, 2.45) is 0 Å². The largest absolute Gasteiger partial charge is 0.438 e. The van der Waals surface area contributed by atoms with Crippen molar-refractivity contribution < 1.29 is 9.13 Å². The third-order valence-electron chi connectivity index (χ3n) is 2.66. The monoisotopic (exact) mass is 243 g/mol. The second-order valence-electron chi connectivity index (χ2n) is 3.93. The molecule has 0 aliphatic heterocycles. The number of halogens is 1. The maximum atomic E-state index is 13.2. The van der Waals surface area contributed by atoms with Crippen molar-refractivity contribution in [1.82, 2.24) is 15.0 Å². The summed E-state index contributed by atoms with van der Waals surface area (Å²) in [5.74, 6) is 0.749.